The number of nitrogens with zero attached hydrogens (tertiary/aromatic N) is 1. The van der Waals surface area contributed by atoms with Crippen LogP contribution in [-0.4, -0.2) is 31.3 Å². The Bertz CT molecular complexity index is 650. The summed E-state index contributed by atoms with van der Waals surface area (Å²) in [6.07, 6.45) is 1.71. The summed E-state index contributed by atoms with van der Waals surface area (Å²) in [7, 11) is 3.90. The minimum Gasteiger partial charge on any atom is -0.489 e. The number of carbonyl (C=O) groups is 1. The lowest BCUT2D eigenvalue weighted by Crippen LogP contribution is -2.26. The molecule has 0 fully saturated rings. The van der Waals surface area contributed by atoms with Gasteiger partial charge in [0.1, 0.15) is 12.4 Å². The third-order valence-corrected chi connectivity index (χ3v) is 3.55. The van der Waals surface area contributed by atoms with Gasteiger partial charge in [-0.15, -0.1) is 6.58 Å². The van der Waals surface area contributed by atoms with Gasteiger partial charge in [-0.3, -0.25) is 4.79 Å². The van der Waals surface area contributed by atoms with Gasteiger partial charge in [-0.05, 0) is 31.8 Å². The molecule has 0 unspecified atom stereocenters. The number of carbonyl (C=O) groups excluding carboxylic acids is 1. The molecule has 0 spiro atoms. The van der Waals surface area contributed by atoms with E-state index < -0.39 is 0 Å². The maximum absolute atomic E-state index is 12.6. The lowest BCUT2D eigenvalue weighted by Gasteiger charge is -2.17. The van der Waals surface area contributed by atoms with E-state index in [0.717, 1.165) is 5.56 Å². The zero-order chi connectivity index (χ0) is 16.7. The molecule has 0 amide bonds. The van der Waals surface area contributed by atoms with Crippen molar-refractivity contribution in [3.63, 3.8) is 0 Å². The Morgan fingerprint density at radius 2 is 1.91 bits per heavy atom. The number of ether oxygens (including phenoxy) is 1. The molecule has 2 rings (SSSR count). The number of benzene rings is 2. The van der Waals surface area contributed by atoms with Crippen LogP contribution in [0.4, 0.5) is 0 Å². The minimum atomic E-state index is -0.214. The van der Waals surface area contributed by atoms with Crippen molar-refractivity contribution in [2.75, 3.05) is 20.6 Å². The van der Waals surface area contributed by atoms with Gasteiger partial charge in [0.05, 0.1) is 5.92 Å². The van der Waals surface area contributed by atoms with Crippen molar-refractivity contribution in [1.29, 1.82) is 0 Å². The standard InChI is InChI=1S/C20H23NO2/c1-4-17(14-21(2)3)20(22)18-11-8-12-19(13-18)23-15-16-9-6-5-7-10-16/h4-13,17H,1,14-15H2,2-3H3/t17-/m0/s1. The molecule has 0 radical (unpaired) electrons. The van der Waals surface area contributed by atoms with Crippen LogP contribution >= 0.6 is 0 Å². The summed E-state index contributed by atoms with van der Waals surface area (Å²) in [5.74, 6) is 0.556. The lowest BCUT2D eigenvalue weighted by molar-refractivity contribution is 0.0928. The molecule has 2 aromatic carbocycles. The van der Waals surface area contributed by atoms with Gasteiger partial charge < -0.3 is 9.64 Å². The lowest BCUT2D eigenvalue weighted by atomic mass is 9.97. The predicted molar refractivity (Wildman–Crippen MR) is 93.8 cm³/mol. The molecule has 0 N–H and O–H groups in total. The highest BCUT2D eigenvalue weighted by atomic mass is 16.5. The van der Waals surface area contributed by atoms with Crippen molar-refractivity contribution in [3.05, 3.63) is 78.4 Å². The van der Waals surface area contributed by atoms with Gasteiger partial charge in [0.2, 0.25) is 0 Å². The van der Waals surface area contributed by atoms with E-state index in [1.165, 1.54) is 0 Å². The number of ketones is 1. The van der Waals surface area contributed by atoms with Crippen molar-refractivity contribution in [3.8, 4) is 5.75 Å². The van der Waals surface area contributed by atoms with Crippen LogP contribution in [0.5, 0.6) is 5.75 Å². The molecule has 2 aromatic rings. The van der Waals surface area contributed by atoms with Crippen LogP contribution in [0.2, 0.25) is 0 Å². The molecule has 120 valence electrons. The number of hydrogen-bond donors (Lipinski definition) is 0. The highest BCUT2D eigenvalue weighted by molar-refractivity contribution is 5.99. The highest BCUT2D eigenvalue weighted by Gasteiger charge is 2.18. The number of rotatable bonds is 8. The van der Waals surface area contributed by atoms with Gasteiger partial charge in [0.25, 0.3) is 0 Å². The summed E-state index contributed by atoms with van der Waals surface area (Å²) < 4.78 is 5.79. The van der Waals surface area contributed by atoms with E-state index in [1.54, 1.807) is 12.1 Å². The van der Waals surface area contributed by atoms with Crippen molar-refractivity contribution in [2.24, 2.45) is 5.92 Å². The maximum Gasteiger partial charge on any atom is 0.171 e. The summed E-state index contributed by atoms with van der Waals surface area (Å²) in [4.78, 5) is 14.6. The van der Waals surface area contributed by atoms with E-state index >= 15 is 0 Å². The molecular weight excluding hydrogens is 286 g/mol. The first-order chi connectivity index (χ1) is 11.1. The third kappa shape index (κ3) is 5.08. The van der Waals surface area contributed by atoms with Crippen molar-refractivity contribution < 1.29 is 9.53 Å². The molecule has 0 saturated heterocycles. The van der Waals surface area contributed by atoms with E-state index in [2.05, 4.69) is 6.58 Å². The molecule has 0 aromatic heterocycles. The Morgan fingerprint density at radius 3 is 2.57 bits per heavy atom. The second-order valence-corrected chi connectivity index (χ2v) is 5.77. The largest absolute Gasteiger partial charge is 0.489 e. The van der Waals surface area contributed by atoms with Gasteiger partial charge in [-0.2, -0.15) is 0 Å². The first-order valence-electron chi connectivity index (χ1n) is 7.68. The summed E-state index contributed by atoms with van der Waals surface area (Å²) in [6.45, 7) is 4.92. The van der Waals surface area contributed by atoms with Gasteiger partial charge in [0.15, 0.2) is 5.78 Å². The van der Waals surface area contributed by atoms with E-state index in [9.17, 15) is 4.79 Å². The molecule has 3 nitrogen and oxygen atoms in total. The third-order valence-electron chi connectivity index (χ3n) is 3.55. The zero-order valence-corrected chi connectivity index (χ0v) is 13.7. The quantitative estimate of drug-likeness (QED) is 0.548. The average molecular weight is 309 g/mol. The van der Waals surface area contributed by atoms with Crippen LogP contribution < -0.4 is 4.74 Å². The molecule has 3 heteroatoms. The molecule has 0 saturated carbocycles. The minimum absolute atomic E-state index is 0.0684. The smallest absolute Gasteiger partial charge is 0.171 e. The molecule has 0 aliphatic carbocycles. The number of hydrogen-bond acceptors (Lipinski definition) is 3. The highest BCUT2D eigenvalue weighted by Crippen LogP contribution is 2.18. The Kier molecular flexibility index (Phi) is 6.12. The second kappa shape index (κ2) is 8.30. The second-order valence-electron chi connectivity index (χ2n) is 5.77. The van der Waals surface area contributed by atoms with E-state index in [-0.39, 0.29) is 11.7 Å². The summed E-state index contributed by atoms with van der Waals surface area (Å²) >= 11 is 0. The van der Waals surface area contributed by atoms with Crippen LogP contribution in [0.3, 0.4) is 0 Å². The van der Waals surface area contributed by atoms with Crippen LogP contribution in [0.1, 0.15) is 15.9 Å². The van der Waals surface area contributed by atoms with Crippen molar-refractivity contribution >= 4 is 5.78 Å². The summed E-state index contributed by atoms with van der Waals surface area (Å²) in [5.41, 5.74) is 1.75. The van der Waals surface area contributed by atoms with Gasteiger partial charge in [0, 0.05) is 12.1 Å². The topological polar surface area (TPSA) is 29.5 Å². The Balaban J connectivity index is 2.06. The monoisotopic (exact) mass is 309 g/mol. The molecule has 0 heterocycles. The SMILES string of the molecule is C=C[C@@H](CN(C)C)C(=O)c1cccc(OCc2ccccc2)c1. The zero-order valence-electron chi connectivity index (χ0n) is 13.7. The Hall–Kier alpha value is -2.39. The molecule has 23 heavy (non-hydrogen) atoms. The van der Waals surface area contributed by atoms with Gasteiger partial charge in [-0.1, -0.05) is 48.5 Å². The van der Waals surface area contributed by atoms with Gasteiger partial charge >= 0.3 is 0 Å². The molecule has 0 aliphatic heterocycles. The summed E-state index contributed by atoms with van der Waals surface area (Å²) in [6, 6.07) is 17.3. The predicted octanol–water partition coefficient (Wildman–Crippen LogP) is 3.81. The fourth-order valence-corrected chi connectivity index (χ4v) is 2.35. The van der Waals surface area contributed by atoms with Crippen LogP contribution in [0.25, 0.3) is 0 Å². The van der Waals surface area contributed by atoms with Crippen LogP contribution in [0.15, 0.2) is 67.3 Å². The van der Waals surface area contributed by atoms with Crippen molar-refractivity contribution in [2.45, 2.75) is 6.61 Å². The fraction of sp³-hybridized carbons (Fsp3) is 0.250. The maximum atomic E-state index is 12.6. The van der Waals surface area contributed by atoms with E-state index in [4.69, 9.17) is 4.74 Å². The fourth-order valence-electron chi connectivity index (χ4n) is 2.35. The first-order valence-corrected chi connectivity index (χ1v) is 7.68. The van der Waals surface area contributed by atoms with Crippen LogP contribution in [0, 0.1) is 5.92 Å². The normalized spacial score (nSPS) is 12.0. The Morgan fingerprint density at radius 1 is 1.17 bits per heavy atom. The number of Topliss-reactive ketones (excluding diaryl/α,β-unsaturated/α-hetero) is 1. The molecule has 1 atom stereocenters. The van der Waals surface area contributed by atoms with E-state index in [0.29, 0.717) is 24.5 Å². The van der Waals surface area contributed by atoms with E-state index in [1.807, 2.05) is 67.5 Å². The molecular formula is C20H23NO2. The summed E-state index contributed by atoms with van der Waals surface area (Å²) in [5, 5.41) is 0. The van der Waals surface area contributed by atoms with Crippen LogP contribution in [-0.2, 0) is 6.61 Å². The average Bonchev–Trinajstić information content (AvgIpc) is 2.58. The van der Waals surface area contributed by atoms with Crippen molar-refractivity contribution in [1.82, 2.24) is 4.90 Å². The molecule has 0 aliphatic rings. The Labute approximate surface area is 138 Å². The molecule has 0 bridgehead atoms. The van der Waals surface area contributed by atoms with Gasteiger partial charge in [-0.25, -0.2) is 0 Å². The first kappa shape index (κ1) is 17.0.